The second-order valence-corrected chi connectivity index (χ2v) is 9.38. The van der Waals surface area contributed by atoms with Gasteiger partial charge in [0.25, 0.3) is 5.91 Å². The van der Waals surface area contributed by atoms with Gasteiger partial charge in [-0.2, -0.15) is 0 Å². The first-order valence-electron chi connectivity index (χ1n) is 11.5. The Labute approximate surface area is 193 Å². The van der Waals surface area contributed by atoms with Gasteiger partial charge in [-0.25, -0.2) is 0 Å². The Bertz CT molecular complexity index is 857. The van der Waals surface area contributed by atoms with Crippen molar-refractivity contribution in [2.75, 3.05) is 13.2 Å². The molecule has 0 saturated carbocycles. The van der Waals surface area contributed by atoms with E-state index in [1.165, 1.54) is 5.56 Å². The van der Waals surface area contributed by atoms with E-state index in [1.54, 1.807) is 11.8 Å². The lowest BCUT2D eigenvalue weighted by atomic mass is 9.87. The van der Waals surface area contributed by atoms with E-state index in [4.69, 9.17) is 4.74 Å². The number of rotatable bonds is 10. The largest absolute Gasteiger partial charge is 0.484 e. The number of nitrogens with one attached hydrogen (secondary N) is 1. The fraction of sp³-hybridized carbons (Fsp3) is 0.481. The zero-order valence-corrected chi connectivity index (χ0v) is 20.4. The second-order valence-electron chi connectivity index (χ2n) is 9.38. The van der Waals surface area contributed by atoms with Crippen LogP contribution >= 0.6 is 0 Å². The van der Waals surface area contributed by atoms with Crippen LogP contribution in [0, 0.1) is 0 Å². The number of hydrogen-bond acceptors (Lipinski definition) is 3. The zero-order valence-electron chi connectivity index (χ0n) is 20.4. The summed E-state index contributed by atoms with van der Waals surface area (Å²) < 4.78 is 5.78. The van der Waals surface area contributed by atoms with Gasteiger partial charge in [0, 0.05) is 12.6 Å². The molecule has 2 amide bonds. The smallest absolute Gasteiger partial charge is 0.261 e. The summed E-state index contributed by atoms with van der Waals surface area (Å²) in [7, 11) is 0. The fourth-order valence-electron chi connectivity index (χ4n) is 3.31. The van der Waals surface area contributed by atoms with Gasteiger partial charge in [-0.1, -0.05) is 70.2 Å². The number of carbonyl (C=O) groups excluding carboxylic acids is 2. The summed E-state index contributed by atoms with van der Waals surface area (Å²) in [6.07, 6.45) is 1.51. The van der Waals surface area contributed by atoms with Gasteiger partial charge < -0.3 is 15.0 Å². The van der Waals surface area contributed by atoms with E-state index < -0.39 is 6.04 Å². The summed E-state index contributed by atoms with van der Waals surface area (Å²) >= 11 is 0. The van der Waals surface area contributed by atoms with Crippen LogP contribution in [0.15, 0.2) is 54.6 Å². The van der Waals surface area contributed by atoms with Crippen molar-refractivity contribution in [2.24, 2.45) is 0 Å². The molecule has 0 unspecified atom stereocenters. The van der Waals surface area contributed by atoms with E-state index in [2.05, 4.69) is 26.1 Å². The number of benzene rings is 2. The topological polar surface area (TPSA) is 58.6 Å². The molecule has 1 N–H and O–H groups in total. The minimum absolute atomic E-state index is 0.0566. The molecule has 0 saturated heterocycles. The molecule has 0 aliphatic rings. The van der Waals surface area contributed by atoms with Gasteiger partial charge in [-0.05, 0) is 55.4 Å². The minimum Gasteiger partial charge on any atom is -0.484 e. The highest BCUT2D eigenvalue weighted by Gasteiger charge is 2.26. The number of nitrogens with zero attached hydrogens (tertiary/aromatic N) is 1. The Morgan fingerprint density at radius 1 is 1.00 bits per heavy atom. The molecule has 2 rings (SSSR count). The van der Waals surface area contributed by atoms with Crippen LogP contribution in [0.25, 0.3) is 0 Å². The van der Waals surface area contributed by atoms with Crippen LogP contribution in [0.3, 0.4) is 0 Å². The average molecular weight is 439 g/mol. The van der Waals surface area contributed by atoms with Crippen molar-refractivity contribution in [3.05, 3.63) is 65.7 Å². The van der Waals surface area contributed by atoms with E-state index in [0.29, 0.717) is 18.7 Å². The van der Waals surface area contributed by atoms with E-state index in [1.807, 2.05) is 68.4 Å². The Balaban J connectivity index is 2.07. The maximum Gasteiger partial charge on any atom is 0.261 e. The van der Waals surface area contributed by atoms with E-state index in [0.717, 1.165) is 12.0 Å². The van der Waals surface area contributed by atoms with Crippen LogP contribution in [-0.4, -0.2) is 41.9 Å². The highest BCUT2D eigenvalue weighted by molar-refractivity contribution is 5.88. The molecule has 174 valence electrons. The number of carbonyl (C=O) groups is 2. The molecule has 2 aromatic rings. The highest BCUT2D eigenvalue weighted by atomic mass is 16.5. The van der Waals surface area contributed by atoms with Gasteiger partial charge in [0.1, 0.15) is 11.8 Å². The minimum atomic E-state index is -0.577. The molecule has 0 spiro atoms. The monoisotopic (exact) mass is 438 g/mol. The predicted octanol–water partition coefficient (Wildman–Crippen LogP) is 4.74. The van der Waals surface area contributed by atoms with Crippen molar-refractivity contribution in [1.29, 1.82) is 0 Å². The van der Waals surface area contributed by atoms with Crippen LogP contribution in [0.2, 0.25) is 0 Å². The molecule has 0 aliphatic carbocycles. The second kappa shape index (κ2) is 11.7. The first-order chi connectivity index (χ1) is 15.1. The van der Waals surface area contributed by atoms with Crippen molar-refractivity contribution >= 4 is 11.8 Å². The van der Waals surface area contributed by atoms with E-state index in [-0.39, 0.29) is 29.9 Å². The molecule has 0 bridgehead atoms. The lowest BCUT2D eigenvalue weighted by molar-refractivity contribution is -0.141. The summed E-state index contributed by atoms with van der Waals surface area (Å²) in [5.74, 6) is 0.300. The van der Waals surface area contributed by atoms with Crippen LogP contribution < -0.4 is 10.1 Å². The highest BCUT2D eigenvalue weighted by Crippen LogP contribution is 2.24. The van der Waals surface area contributed by atoms with Crippen molar-refractivity contribution in [3.8, 4) is 5.75 Å². The summed E-state index contributed by atoms with van der Waals surface area (Å²) in [5, 5.41) is 2.98. The molecule has 0 aliphatic heterocycles. The summed E-state index contributed by atoms with van der Waals surface area (Å²) in [6, 6.07) is 17.3. The number of ether oxygens (including phenoxy) is 1. The third-order valence-electron chi connectivity index (χ3n) is 5.74. The molecule has 2 aromatic carbocycles. The maximum absolute atomic E-state index is 13.1. The van der Waals surface area contributed by atoms with Crippen molar-refractivity contribution in [1.82, 2.24) is 10.2 Å². The Hall–Kier alpha value is -2.82. The number of amides is 2. The van der Waals surface area contributed by atoms with Gasteiger partial charge in [-0.15, -0.1) is 0 Å². The molecule has 5 heteroatoms. The summed E-state index contributed by atoms with van der Waals surface area (Å²) in [5.41, 5.74) is 2.38. The van der Waals surface area contributed by atoms with Gasteiger partial charge in [-0.3, -0.25) is 9.59 Å². The van der Waals surface area contributed by atoms with Crippen molar-refractivity contribution in [3.63, 3.8) is 0 Å². The van der Waals surface area contributed by atoms with Gasteiger partial charge >= 0.3 is 0 Å². The van der Waals surface area contributed by atoms with Crippen LogP contribution in [0.1, 0.15) is 59.1 Å². The maximum atomic E-state index is 13.1. The van der Waals surface area contributed by atoms with E-state index in [9.17, 15) is 9.59 Å². The third-order valence-corrected chi connectivity index (χ3v) is 5.74. The lowest BCUT2D eigenvalue weighted by Gasteiger charge is -2.29. The van der Waals surface area contributed by atoms with Gasteiger partial charge in [0.2, 0.25) is 5.91 Å². The van der Waals surface area contributed by atoms with Crippen LogP contribution in [0.5, 0.6) is 5.75 Å². The van der Waals surface area contributed by atoms with Crippen molar-refractivity contribution < 1.29 is 14.3 Å². The summed E-state index contributed by atoms with van der Waals surface area (Å²) in [6.45, 7) is 12.6. The van der Waals surface area contributed by atoms with Gasteiger partial charge in [0.15, 0.2) is 6.61 Å². The Kier molecular flexibility index (Phi) is 9.30. The molecule has 0 fully saturated rings. The molecule has 2 atom stereocenters. The standard InChI is InChI=1S/C27H38N2O3/c1-7-20(2)28-26(31)21(3)29(18-17-22-11-9-8-10-12-22)25(30)19-32-24-15-13-23(14-16-24)27(4,5)6/h8-16,20-21H,7,17-19H2,1-6H3,(H,28,31)/t20-,21+/m0/s1. The van der Waals surface area contributed by atoms with Crippen LogP contribution in [-0.2, 0) is 21.4 Å². The Morgan fingerprint density at radius 3 is 2.19 bits per heavy atom. The molecular weight excluding hydrogens is 400 g/mol. The zero-order chi connectivity index (χ0) is 23.7. The van der Waals surface area contributed by atoms with Gasteiger partial charge in [0.05, 0.1) is 0 Å². The fourth-order valence-corrected chi connectivity index (χ4v) is 3.31. The van der Waals surface area contributed by atoms with E-state index >= 15 is 0 Å². The molecule has 32 heavy (non-hydrogen) atoms. The summed E-state index contributed by atoms with van der Waals surface area (Å²) in [4.78, 5) is 27.4. The molecule has 0 aromatic heterocycles. The molecular formula is C27H38N2O3. The van der Waals surface area contributed by atoms with Crippen molar-refractivity contribution in [2.45, 2.75) is 71.9 Å². The number of hydrogen-bond donors (Lipinski definition) is 1. The van der Waals surface area contributed by atoms with Crippen LogP contribution in [0.4, 0.5) is 0 Å². The molecule has 0 radical (unpaired) electrons. The third kappa shape index (κ3) is 7.70. The predicted molar refractivity (Wildman–Crippen MR) is 130 cm³/mol. The SMILES string of the molecule is CC[C@H](C)NC(=O)[C@@H](C)N(CCc1ccccc1)C(=O)COc1ccc(C(C)(C)C)cc1. The molecule has 5 nitrogen and oxygen atoms in total. The normalized spacial score (nSPS) is 13.2. The first kappa shape index (κ1) is 25.4. The molecule has 0 heterocycles. The lowest BCUT2D eigenvalue weighted by Crippen LogP contribution is -2.51. The quantitative estimate of drug-likeness (QED) is 0.583. The first-order valence-corrected chi connectivity index (χ1v) is 11.5. The Morgan fingerprint density at radius 2 is 1.62 bits per heavy atom. The average Bonchev–Trinajstić information content (AvgIpc) is 2.77.